The highest BCUT2D eigenvalue weighted by atomic mass is 16.5. The second-order valence-corrected chi connectivity index (χ2v) is 5.04. The van der Waals surface area contributed by atoms with Gasteiger partial charge in [-0.1, -0.05) is 42.5 Å². The summed E-state index contributed by atoms with van der Waals surface area (Å²) in [5.74, 6) is 0.908. The molecule has 0 aliphatic carbocycles. The van der Waals surface area contributed by atoms with Crippen molar-refractivity contribution in [3.8, 4) is 16.9 Å². The molecular formula is C17H21NO. The van der Waals surface area contributed by atoms with Crippen LogP contribution in [0.25, 0.3) is 11.1 Å². The van der Waals surface area contributed by atoms with Crippen molar-refractivity contribution in [2.45, 2.75) is 32.9 Å². The van der Waals surface area contributed by atoms with Gasteiger partial charge in [0.1, 0.15) is 5.75 Å². The molecule has 0 bridgehead atoms. The van der Waals surface area contributed by atoms with Crippen molar-refractivity contribution in [1.29, 1.82) is 0 Å². The van der Waals surface area contributed by atoms with Crippen molar-refractivity contribution in [3.05, 3.63) is 54.1 Å². The zero-order chi connectivity index (χ0) is 13.8. The molecule has 0 fully saturated rings. The van der Waals surface area contributed by atoms with E-state index in [-0.39, 0.29) is 12.1 Å². The van der Waals surface area contributed by atoms with Crippen LogP contribution in [0.5, 0.6) is 5.75 Å². The van der Waals surface area contributed by atoms with E-state index < -0.39 is 0 Å². The fraction of sp³-hybridized carbons (Fsp3) is 0.294. The van der Waals surface area contributed by atoms with Crippen LogP contribution in [0.3, 0.4) is 0 Å². The van der Waals surface area contributed by atoms with Gasteiger partial charge in [0.15, 0.2) is 0 Å². The maximum Gasteiger partial charge on any atom is 0.127 e. The van der Waals surface area contributed by atoms with Gasteiger partial charge >= 0.3 is 0 Å². The summed E-state index contributed by atoms with van der Waals surface area (Å²) in [6.45, 7) is 6.08. The van der Waals surface area contributed by atoms with Crippen LogP contribution in [0.4, 0.5) is 0 Å². The van der Waals surface area contributed by atoms with E-state index in [1.165, 1.54) is 0 Å². The van der Waals surface area contributed by atoms with Gasteiger partial charge in [0, 0.05) is 11.6 Å². The van der Waals surface area contributed by atoms with Gasteiger partial charge in [0.05, 0.1) is 6.10 Å². The lowest BCUT2D eigenvalue weighted by Gasteiger charge is -2.18. The highest BCUT2D eigenvalue weighted by Crippen LogP contribution is 2.34. The van der Waals surface area contributed by atoms with Crippen LogP contribution in [0.15, 0.2) is 48.5 Å². The molecule has 19 heavy (non-hydrogen) atoms. The van der Waals surface area contributed by atoms with Crippen molar-refractivity contribution >= 4 is 0 Å². The van der Waals surface area contributed by atoms with E-state index in [1.54, 1.807) is 0 Å². The quantitative estimate of drug-likeness (QED) is 0.890. The molecule has 0 aliphatic heterocycles. The van der Waals surface area contributed by atoms with Crippen molar-refractivity contribution in [3.63, 3.8) is 0 Å². The first-order chi connectivity index (χ1) is 9.09. The summed E-state index contributed by atoms with van der Waals surface area (Å²) >= 11 is 0. The summed E-state index contributed by atoms with van der Waals surface area (Å²) in [5, 5.41) is 0. The van der Waals surface area contributed by atoms with Gasteiger partial charge in [-0.3, -0.25) is 0 Å². The van der Waals surface area contributed by atoms with E-state index in [0.717, 1.165) is 22.4 Å². The molecule has 0 heterocycles. The monoisotopic (exact) mass is 255 g/mol. The maximum absolute atomic E-state index is 6.06. The molecule has 1 unspecified atom stereocenters. The highest BCUT2D eigenvalue weighted by molar-refractivity contribution is 5.73. The number of ether oxygens (including phenoxy) is 1. The molecule has 0 spiro atoms. The van der Waals surface area contributed by atoms with Gasteiger partial charge in [0.2, 0.25) is 0 Å². The minimum Gasteiger partial charge on any atom is -0.490 e. The van der Waals surface area contributed by atoms with Crippen molar-refractivity contribution in [1.82, 2.24) is 0 Å². The second-order valence-electron chi connectivity index (χ2n) is 5.04. The molecule has 0 amide bonds. The van der Waals surface area contributed by atoms with Crippen LogP contribution >= 0.6 is 0 Å². The zero-order valence-electron chi connectivity index (χ0n) is 11.8. The van der Waals surface area contributed by atoms with E-state index in [4.69, 9.17) is 10.5 Å². The average molecular weight is 255 g/mol. The number of benzene rings is 2. The van der Waals surface area contributed by atoms with Gasteiger partial charge in [-0.25, -0.2) is 0 Å². The highest BCUT2D eigenvalue weighted by Gasteiger charge is 2.12. The smallest absolute Gasteiger partial charge is 0.127 e. The predicted molar refractivity (Wildman–Crippen MR) is 80.2 cm³/mol. The molecule has 2 nitrogen and oxygen atoms in total. The predicted octanol–water partition coefficient (Wildman–Crippen LogP) is 4.16. The topological polar surface area (TPSA) is 35.2 Å². The lowest BCUT2D eigenvalue weighted by molar-refractivity contribution is 0.243. The van der Waals surface area contributed by atoms with E-state index in [9.17, 15) is 0 Å². The molecule has 0 aromatic heterocycles. The number of hydrogen-bond acceptors (Lipinski definition) is 2. The summed E-state index contributed by atoms with van der Waals surface area (Å²) < 4.78 is 5.89. The van der Waals surface area contributed by atoms with Crippen molar-refractivity contribution in [2.24, 2.45) is 5.73 Å². The maximum atomic E-state index is 6.06. The van der Waals surface area contributed by atoms with Gasteiger partial charge in [-0.05, 0) is 38.0 Å². The summed E-state index contributed by atoms with van der Waals surface area (Å²) in [5.41, 5.74) is 9.45. The van der Waals surface area contributed by atoms with Gasteiger partial charge in [-0.2, -0.15) is 0 Å². The molecule has 2 aromatic rings. The first kappa shape index (κ1) is 13.6. The third kappa shape index (κ3) is 3.15. The summed E-state index contributed by atoms with van der Waals surface area (Å²) in [4.78, 5) is 0. The van der Waals surface area contributed by atoms with E-state index in [2.05, 4.69) is 18.2 Å². The number of nitrogens with two attached hydrogens (primary N) is 1. The molecule has 100 valence electrons. The van der Waals surface area contributed by atoms with E-state index in [1.807, 2.05) is 51.1 Å². The Labute approximate surface area is 115 Å². The Hall–Kier alpha value is -1.80. The first-order valence-electron chi connectivity index (χ1n) is 6.70. The molecule has 0 aliphatic rings. The van der Waals surface area contributed by atoms with Crippen LogP contribution in [-0.4, -0.2) is 6.10 Å². The third-order valence-electron chi connectivity index (χ3n) is 2.99. The molecule has 2 aromatic carbocycles. The molecule has 2 heteroatoms. The fourth-order valence-electron chi connectivity index (χ4n) is 2.19. The number of para-hydroxylation sites is 1. The third-order valence-corrected chi connectivity index (χ3v) is 2.99. The number of rotatable bonds is 4. The second kappa shape index (κ2) is 5.89. The van der Waals surface area contributed by atoms with Crippen molar-refractivity contribution < 1.29 is 4.74 Å². The van der Waals surface area contributed by atoms with Crippen LogP contribution in [0, 0.1) is 0 Å². The normalized spacial score (nSPS) is 12.5. The zero-order valence-corrected chi connectivity index (χ0v) is 11.8. The summed E-state index contributed by atoms with van der Waals surface area (Å²) in [7, 11) is 0. The minimum absolute atomic E-state index is 0.00306. The van der Waals surface area contributed by atoms with Crippen LogP contribution < -0.4 is 10.5 Å². The van der Waals surface area contributed by atoms with Crippen LogP contribution in [-0.2, 0) is 0 Å². The fourth-order valence-corrected chi connectivity index (χ4v) is 2.19. The standard InChI is InChI=1S/C17H21NO/c1-12(2)19-17-11-7-6-10-16(17)15-9-5-4-8-14(15)13(3)18/h4-13H,18H2,1-3H3. The Balaban J connectivity index is 2.53. The lowest BCUT2D eigenvalue weighted by Crippen LogP contribution is -2.09. The average Bonchev–Trinajstić information content (AvgIpc) is 2.38. The Bertz CT molecular complexity index is 546. The molecular weight excluding hydrogens is 234 g/mol. The number of hydrogen-bond donors (Lipinski definition) is 1. The first-order valence-corrected chi connectivity index (χ1v) is 6.70. The molecule has 0 saturated heterocycles. The minimum atomic E-state index is 0.00306. The molecule has 0 radical (unpaired) electrons. The molecule has 2 N–H and O–H groups in total. The Morgan fingerprint density at radius 2 is 1.42 bits per heavy atom. The molecule has 0 saturated carbocycles. The molecule has 2 rings (SSSR count). The van der Waals surface area contributed by atoms with E-state index in [0.29, 0.717) is 0 Å². The van der Waals surface area contributed by atoms with Gasteiger partial charge < -0.3 is 10.5 Å². The van der Waals surface area contributed by atoms with Gasteiger partial charge in [0.25, 0.3) is 0 Å². The summed E-state index contributed by atoms with van der Waals surface area (Å²) in [6.07, 6.45) is 0.156. The molecule has 1 atom stereocenters. The largest absolute Gasteiger partial charge is 0.490 e. The summed E-state index contributed by atoms with van der Waals surface area (Å²) in [6, 6.07) is 16.3. The van der Waals surface area contributed by atoms with E-state index >= 15 is 0 Å². The SMILES string of the molecule is CC(C)Oc1ccccc1-c1ccccc1C(C)N. The Morgan fingerprint density at radius 1 is 0.842 bits per heavy atom. The Kier molecular flexibility index (Phi) is 4.23. The van der Waals surface area contributed by atoms with Crippen LogP contribution in [0.1, 0.15) is 32.4 Å². The van der Waals surface area contributed by atoms with Crippen molar-refractivity contribution in [2.75, 3.05) is 0 Å². The van der Waals surface area contributed by atoms with Crippen LogP contribution in [0.2, 0.25) is 0 Å². The lowest BCUT2D eigenvalue weighted by atomic mass is 9.95. The van der Waals surface area contributed by atoms with Gasteiger partial charge in [-0.15, -0.1) is 0 Å². The Morgan fingerprint density at radius 3 is 2.05 bits per heavy atom.